The SMILES string of the molecule is CC(C)CC1(CC(C)C)CCC(=O)N1. The van der Waals surface area contributed by atoms with E-state index in [0.29, 0.717) is 11.8 Å². The zero-order chi connectivity index (χ0) is 10.8. The highest BCUT2D eigenvalue weighted by molar-refractivity contribution is 5.79. The largest absolute Gasteiger partial charge is 0.351 e. The molecular formula is C12H23NO. The average Bonchev–Trinajstić information content (AvgIpc) is 2.28. The number of amides is 1. The van der Waals surface area contributed by atoms with Crippen LogP contribution in [-0.4, -0.2) is 11.4 Å². The smallest absolute Gasteiger partial charge is 0.220 e. The Kier molecular flexibility index (Phi) is 3.57. The summed E-state index contributed by atoms with van der Waals surface area (Å²) in [4.78, 5) is 11.3. The first-order valence-corrected chi connectivity index (χ1v) is 5.74. The molecular weight excluding hydrogens is 174 g/mol. The van der Waals surface area contributed by atoms with Gasteiger partial charge in [-0.1, -0.05) is 27.7 Å². The predicted molar refractivity (Wildman–Crippen MR) is 59.0 cm³/mol. The van der Waals surface area contributed by atoms with Crippen molar-refractivity contribution in [3.63, 3.8) is 0 Å². The average molecular weight is 197 g/mol. The Morgan fingerprint density at radius 1 is 1.21 bits per heavy atom. The predicted octanol–water partition coefficient (Wildman–Crippen LogP) is 2.73. The van der Waals surface area contributed by atoms with Crippen molar-refractivity contribution >= 4 is 5.91 Å². The van der Waals surface area contributed by atoms with E-state index in [1.165, 1.54) is 0 Å². The lowest BCUT2D eigenvalue weighted by atomic mass is 9.81. The number of nitrogens with one attached hydrogen (secondary N) is 1. The summed E-state index contributed by atoms with van der Waals surface area (Å²) >= 11 is 0. The Bertz CT molecular complexity index is 198. The normalized spacial score (nSPS) is 20.6. The zero-order valence-electron chi connectivity index (χ0n) is 9.89. The van der Waals surface area contributed by atoms with Crippen LogP contribution in [0.2, 0.25) is 0 Å². The Balaban J connectivity index is 2.64. The third kappa shape index (κ3) is 3.00. The van der Waals surface area contributed by atoms with Gasteiger partial charge < -0.3 is 5.32 Å². The first kappa shape index (κ1) is 11.5. The third-order valence-electron chi connectivity index (χ3n) is 2.83. The van der Waals surface area contributed by atoms with Crippen LogP contribution in [0.3, 0.4) is 0 Å². The van der Waals surface area contributed by atoms with Crippen LogP contribution >= 0.6 is 0 Å². The second-order valence-corrected chi connectivity index (χ2v) is 5.52. The van der Waals surface area contributed by atoms with Crippen molar-refractivity contribution in [1.82, 2.24) is 5.32 Å². The molecule has 1 heterocycles. The van der Waals surface area contributed by atoms with E-state index in [1.54, 1.807) is 0 Å². The zero-order valence-corrected chi connectivity index (χ0v) is 9.89. The number of carbonyl (C=O) groups is 1. The van der Waals surface area contributed by atoms with Crippen molar-refractivity contribution in [3.8, 4) is 0 Å². The highest BCUT2D eigenvalue weighted by Gasteiger charge is 2.38. The molecule has 1 aliphatic heterocycles. The third-order valence-corrected chi connectivity index (χ3v) is 2.83. The van der Waals surface area contributed by atoms with Gasteiger partial charge in [0.25, 0.3) is 0 Å². The van der Waals surface area contributed by atoms with Crippen LogP contribution in [0.1, 0.15) is 53.4 Å². The monoisotopic (exact) mass is 197 g/mol. The van der Waals surface area contributed by atoms with E-state index in [4.69, 9.17) is 0 Å². The fourth-order valence-corrected chi connectivity index (χ4v) is 2.73. The van der Waals surface area contributed by atoms with Crippen LogP contribution in [0, 0.1) is 11.8 Å². The standard InChI is InChI=1S/C12H23NO/c1-9(2)7-12(8-10(3)4)6-5-11(14)13-12/h9-10H,5-8H2,1-4H3,(H,13,14). The summed E-state index contributed by atoms with van der Waals surface area (Å²) in [7, 11) is 0. The molecule has 0 unspecified atom stereocenters. The van der Waals surface area contributed by atoms with E-state index in [2.05, 4.69) is 33.0 Å². The summed E-state index contributed by atoms with van der Waals surface area (Å²) in [5.74, 6) is 1.56. The van der Waals surface area contributed by atoms with Gasteiger partial charge in [-0.2, -0.15) is 0 Å². The van der Waals surface area contributed by atoms with Gasteiger partial charge in [0.2, 0.25) is 5.91 Å². The van der Waals surface area contributed by atoms with Crippen LogP contribution < -0.4 is 5.32 Å². The lowest BCUT2D eigenvalue weighted by Crippen LogP contribution is -2.43. The second kappa shape index (κ2) is 4.33. The highest BCUT2D eigenvalue weighted by atomic mass is 16.2. The molecule has 2 nitrogen and oxygen atoms in total. The topological polar surface area (TPSA) is 29.1 Å². The van der Waals surface area contributed by atoms with Crippen LogP contribution in [0.4, 0.5) is 0 Å². The molecule has 0 atom stereocenters. The summed E-state index contributed by atoms with van der Waals surface area (Å²) < 4.78 is 0. The molecule has 0 aliphatic carbocycles. The first-order valence-electron chi connectivity index (χ1n) is 5.74. The molecule has 1 saturated heterocycles. The first-order chi connectivity index (χ1) is 6.43. The van der Waals surface area contributed by atoms with Gasteiger partial charge in [-0.3, -0.25) is 4.79 Å². The molecule has 0 saturated carbocycles. The lowest BCUT2D eigenvalue weighted by Gasteiger charge is -2.32. The Hall–Kier alpha value is -0.530. The summed E-state index contributed by atoms with van der Waals surface area (Å²) in [5, 5.41) is 3.19. The summed E-state index contributed by atoms with van der Waals surface area (Å²) in [6.07, 6.45) is 4.00. The van der Waals surface area contributed by atoms with E-state index in [-0.39, 0.29) is 11.4 Å². The molecule has 0 radical (unpaired) electrons. The Labute approximate surface area is 87.5 Å². The molecule has 1 fully saturated rings. The second-order valence-electron chi connectivity index (χ2n) is 5.52. The van der Waals surface area contributed by atoms with Gasteiger partial charge in [0.15, 0.2) is 0 Å². The van der Waals surface area contributed by atoms with E-state index in [9.17, 15) is 4.79 Å². The van der Waals surface area contributed by atoms with Gasteiger partial charge in [-0.05, 0) is 31.1 Å². The Morgan fingerprint density at radius 3 is 2.00 bits per heavy atom. The summed E-state index contributed by atoms with van der Waals surface area (Å²) in [6.45, 7) is 8.91. The van der Waals surface area contributed by atoms with Crippen LogP contribution in [-0.2, 0) is 4.79 Å². The number of hydrogen-bond acceptors (Lipinski definition) is 1. The molecule has 0 aromatic carbocycles. The van der Waals surface area contributed by atoms with Gasteiger partial charge in [0.05, 0.1) is 0 Å². The summed E-state index contributed by atoms with van der Waals surface area (Å²) in [6, 6.07) is 0. The van der Waals surface area contributed by atoms with Crippen molar-refractivity contribution in [1.29, 1.82) is 0 Å². The maximum Gasteiger partial charge on any atom is 0.220 e. The molecule has 1 rings (SSSR count). The maximum atomic E-state index is 11.3. The minimum absolute atomic E-state index is 0.111. The fourth-order valence-electron chi connectivity index (χ4n) is 2.73. The summed E-state index contributed by atoms with van der Waals surface area (Å²) in [5.41, 5.74) is 0.111. The fraction of sp³-hybridized carbons (Fsp3) is 0.917. The van der Waals surface area contributed by atoms with E-state index >= 15 is 0 Å². The van der Waals surface area contributed by atoms with Crippen molar-refractivity contribution in [3.05, 3.63) is 0 Å². The van der Waals surface area contributed by atoms with Crippen molar-refractivity contribution in [2.24, 2.45) is 11.8 Å². The van der Waals surface area contributed by atoms with Gasteiger partial charge in [0.1, 0.15) is 0 Å². The van der Waals surface area contributed by atoms with Gasteiger partial charge in [-0.25, -0.2) is 0 Å². The molecule has 0 spiro atoms. The maximum absolute atomic E-state index is 11.3. The van der Waals surface area contributed by atoms with E-state index in [1.807, 2.05) is 0 Å². The molecule has 1 N–H and O–H groups in total. The highest BCUT2D eigenvalue weighted by Crippen LogP contribution is 2.33. The molecule has 0 bridgehead atoms. The van der Waals surface area contributed by atoms with Gasteiger partial charge in [0, 0.05) is 12.0 Å². The van der Waals surface area contributed by atoms with E-state index in [0.717, 1.165) is 25.7 Å². The quantitative estimate of drug-likeness (QED) is 0.737. The molecule has 14 heavy (non-hydrogen) atoms. The van der Waals surface area contributed by atoms with Gasteiger partial charge >= 0.3 is 0 Å². The molecule has 2 heteroatoms. The molecule has 1 aliphatic rings. The number of hydrogen-bond donors (Lipinski definition) is 1. The van der Waals surface area contributed by atoms with Crippen LogP contribution in [0.5, 0.6) is 0 Å². The van der Waals surface area contributed by atoms with E-state index < -0.39 is 0 Å². The Morgan fingerprint density at radius 2 is 1.71 bits per heavy atom. The molecule has 82 valence electrons. The molecule has 0 aromatic rings. The number of rotatable bonds is 4. The van der Waals surface area contributed by atoms with Crippen LogP contribution in [0.15, 0.2) is 0 Å². The minimum atomic E-state index is 0.111. The van der Waals surface area contributed by atoms with Crippen LogP contribution in [0.25, 0.3) is 0 Å². The van der Waals surface area contributed by atoms with Gasteiger partial charge in [-0.15, -0.1) is 0 Å². The lowest BCUT2D eigenvalue weighted by molar-refractivity contribution is -0.119. The number of carbonyl (C=O) groups excluding carboxylic acids is 1. The minimum Gasteiger partial charge on any atom is -0.351 e. The van der Waals surface area contributed by atoms with Crippen molar-refractivity contribution < 1.29 is 4.79 Å². The molecule has 1 amide bonds. The molecule has 0 aromatic heterocycles. The van der Waals surface area contributed by atoms with Crippen molar-refractivity contribution in [2.75, 3.05) is 0 Å². The van der Waals surface area contributed by atoms with Crippen molar-refractivity contribution in [2.45, 2.75) is 58.9 Å².